The molecule has 2 saturated heterocycles. The number of piperidine rings is 2. The van der Waals surface area contributed by atoms with Gasteiger partial charge in [0.2, 0.25) is 0 Å². The van der Waals surface area contributed by atoms with Crippen LogP contribution in [0.3, 0.4) is 0 Å². The lowest BCUT2D eigenvalue weighted by molar-refractivity contribution is 0.0975. The van der Waals surface area contributed by atoms with Gasteiger partial charge in [0.25, 0.3) is 0 Å². The summed E-state index contributed by atoms with van der Waals surface area (Å²) in [7, 11) is 1.73. The maximum absolute atomic E-state index is 5.40. The van der Waals surface area contributed by atoms with Crippen LogP contribution in [0, 0.1) is 0 Å². The van der Waals surface area contributed by atoms with E-state index in [-0.39, 0.29) is 12.4 Å². The topological polar surface area (TPSA) is 15.7 Å². The minimum absolute atomic E-state index is 0. The first kappa shape index (κ1) is 19.3. The van der Waals surface area contributed by atoms with Crippen LogP contribution >= 0.6 is 12.4 Å². The van der Waals surface area contributed by atoms with Gasteiger partial charge in [0, 0.05) is 18.2 Å². The van der Waals surface area contributed by atoms with Crippen molar-refractivity contribution in [2.75, 3.05) is 39.8 Å². The fraction of sp³-hybridized carbons (Fsp3) is 0.600. The predicted molar refractivity (Wildman–Crippen MR) is 104 cm³/mol. The second-order valence-corrected chi connectivity index (χ2v) is 6.77. The molecule has 1 aromatic rings. The Morgan fingerprint density at radius 1 is 1.04 bits per heavy atom. The van der Waals surface area contributed by atoms with Crippen molar-refractivity contribution in [3.63, 3.8) is 0 Å². The number of ether oxygens (including phenoxy) is 1. The highest BCUT2D eigenvalue weighted by molar-refractivity contribution is 5.85. The molecule has 4 heteroatoms. The third kappa shape index (κ3) is 5.23. The van der Waals surface area contributed by atoms with Crippen molar-refractivity contribution in [2.24, 2.45) is 0 Å². The van der Waals surface area contributed by atoms with Gasteiger partial charge in [-0.3, -0.25) is 4.90 Å². The molecule has 3 rings (SSSR count). The largest absolute Gasteiger partial charge is 0.496 e. The van der Waals surface area contributed by atoms with Gasteiger partial charge in [-0.1, -0.05) is 36.8 Å². The number of rotatable bonds is 5. The summed E-state index contributed by atoms with van der Waals surface area (Å²) >= 11 is 0. The molecule has 134 valence electrons. The number of halogens is 1. The predicted octanol–water partition coefficient (Wildman–Crippen LogP) is 4.08. The second-order valence-electron chi connectivity index (χ2n) is 6.77. The molecule has 2 aliphatic rings. The average Bonchev–Trinajstić information content (AvgIpc) is 2.63. The third-order valence-corrected chi connectivity index (χ3v) is 5.26. The molecule has 2 fully saturated rings. The van der Waals surface area contributed by atoms with E-state index in [1.54, 1.807) is 7.11 Å². The zero-order valence-corrected chi connectivity index (χ0v) is 15.6. The Bertz CT molecular complexity index is 506. The van der Waals surface area contributed by atoms with Crippen molar-refractivity contribution in [3.8, 4) is 5.75 Å². The molecule has 0 radical (unpaired) electrons. The quantitative estimate of drug-likeness (QED) is 0.795. The fourth-order valence-corrected chi connectivity index (χ4v) is 3.88. The van der Waals surface area contributed by atoms with Gasteiger partial charge in [0.15, 0.2) is 0 Å². The Balaban J connectivity index is 0.00000208. The molecule has 24 heavy (non-hydrogen) atoms. The molecule has 0 aliphatic carbocycles. The molecule has 0 spiro atoms. The molecule has 0 atom stereocenters. The fourth-order valence-electron chi connectivity index (χ4n) is 3.88. The first-order valence-corrected chi connectivity index (χ1v) is 9.13. The lowest BCUT2D eigenvalue weighted by Crippen LogP contribution is -2.46. The van der Waals surface area contributed by atoms with E-state index in [0.29, 0.717) is 0 Å². The Kier molecular flexibility index (Phi) is 8.10. The first-order valence-electron chi connectivity index (χ1n) is 9.13. The van der Waals surface area contributed by atoms with Crippen molar-refractivity contribution >= 4 is 18.5 Å². The van der Waals surface area contributed by atoms with Crippen LogP contribution < -0.4 is 4.74 Å². The molecule has 3 nitrogen and oxygen atoms in total. The SMILES string of the molecule is COc1ccccc1/C=C/CN1CCC(N2CCCCC2)CC1.Cl. The molecule has 2 aliphatic heterocycles. The number of hydrogen-bond acceptors (Lipinski definition) is 3. The molecule has 0 saturated carbocycles. The molecule has 2 heterocycles. The lowest BCUT2D eigenvalue weighted by atomic mass is 10.00. The van der Waals surface area contributed by atoms with Gasteiger partial charge in [-0.05, 0) is 57.9 Å². The summed E-state index contributed by atoms with van der Waals surface area (Å²) in [5, 5.41) is 0. The number of para-hydroxylation sites is 1. The van der Waals surface area contributed by atoms with Crippen molar-refractivity contribution in [3.05, 3.63) is 35.9 Å². The van der Waals surface area contributed by atoms with Crippen LogP contribution in [0.15, 0.2) is 30.3 Å². The van der Waals surface area contributed by atoms with E-state index in [1.165, 1.54) is 63.8 Å². The minimum atomic E-state index is 0. The summed E-state index contributed by atoms with van der Waals surface area (Å²) in [5.41, 5.74) is 1.17. The highest BCUT2D eigenvalue weighted by Crippen LogP contribution is 2.21. The van der Waals surface area contributed by atoms with Gasteiger partial charge in [-0.25, -0.2) is 0 Å². The molecular formula is C20H31ClN2O. The normalized spacial score (nSPS) is 20.9. The smallest absolute Gasteiger partial charge is 0.126 e. The minimum Gasteiger partial charge on any atom is -0.496 e. The molecule has 1 aromatic carbocycles. The molecule has 0 unspecified atom stereocenters. The molecular weight excluding hydrogens is 320 g/mol. The van der Waals surface area contributed by atoms with E-state index < -0.39 is 0 Å². The summed E-state index contributed by atoms with van der Waals surface area (Å²) in [6.45, 7) is 6.18. The first-order chi connectivity index (χ1) is 11.4. The number of methoxy groups -OCH3 is 1. The maximum atomic E-state index is 5.40. The van der Waals surface area contributed by atoms with Crippen LogP contribution in [0.5, 0.6) is 5.75 Å². The monoisotopic (exact) mass is 350 g/mol. The van der Waals surface area contributed by atoms with Crippen LogP contribution in [0.2, 0.25) is 0 Å². The summed E-state index contributed by atoms with van der Waals surface area (Å²) in [4.78, 5) is 5.32. The Hall–Kier alpha value is -1.03. The van der Waals surface area contributed by atoms with E-state index in [2.05, 4.69) is 34.1 Å². The number of likely N-dealkylation sites (tertiary alicyclic amines) is 2. The molecule has 0 bridgehead atoms. The van der Waals surface area contributed by atoms with Crippen LogP contribution in [0.1, 0.15) is 37.7 Å². The lowest BCUT2D eigenvalue weighted by Gasteiger charge is -2.40. The van der Waals surface area contributed by atoms with Crippen molar-refractivity contribution in [2.45, 2.75) is 38.1 Å². The number of nitrogens with zero attached hydrogens (tertiary/aromatic N) is 2. The Morgan fingerprint density at radius 3 is 2.46 bits per heavy atom. The standard InChI is InChI=1S/C20H30N2O.ClH/c1-23-20-10-4-3-8-18(20)9-7-13-21-16-11-19(12-17-21)22-14-5-2-6-15-22;/h3-4,7-10,19H,2,5-6,11-17H2,1H3;1H/b9-7+;. The van der Waals surface area contributed by atoms with Crippen LogP contribution in [0.4, 0.5) is 0 Å². The van der Waals surface area contributed by atoms with E-state index in [9.17, 15) is 0 Å². The summed E-state index contributed by atoms with van der Waals surface area (Å²) in [6, 6.07) is 9.04. The van der Waals surface area contributed by atoms with Crippen molar-refractivity contribution < 1.29 is 4.74 Å². The number of hydrogen-bond donors (Lipinski definition) is 0. The summed E-state index contributed by atoms with van der Waals surface area (Å²) in [6.07, 6.45) is 11.4. The van der Waals surface area contributed by atoms with Crippen LogP contribution in [-0.2, 0) is 0 Å². The van der Waals surface area contributed by atoms with Crippen LogP contribution in [-0.4, -0.2) is 55.7 Å². The Labute approximate surface area is 153 Å². The highest BCUT2D eigenvalue weighted by atomic mass is 35.5. The van der Waals surface area contributed by atoms with Gasteiger partial charge < -0.3 is 9.64 Å². The van der Waals surface area contributed by atoms with Gasteiger partial charge in [-0.15, -0.1) is 12.4 Å². The number of benzene rings is 1. The van der Waals surface area contributed by atoms with Gasteiger partial charge in [-0.2, -0.15) is 0 Å². The Morgan fingerprint density at radius 2 is 1.75 bits per heavy atom. The van der Waals surface area contributed by atoms with Gasteiger partial charge in [0.05, 0.1) is 7.11 Å². The summed E-state index contributed by atoms with van der Waals surface area (Å²) in [5.74, 6) is 0.951. The van der Waals surface area contributed by atoms with E-state index in [0.717, 1.165) is 18.3 Å². The molecule has 0 aromatic heterocycles. The van der Waals surface area contributed by atoms with Crippen molar-refractivity contribution in [1.29, 1.82) is 0 Å². The maximum Gasteiger partial charge on any atom is 0.126 e. The molecule has 0 amide bonds. The summed E-state index contributed by atoms with van der Waals surface area (Å²) < 4.78 is 5.40. The van der Waals surface area contributed by atoms with E-state index in [1.807, 2.05) is 12.1 Å². The second kappa shape index (κ2) is 10.1. The van der Waals surface area contributed by atoms with E-state index in [4.69, 9.17) is 4.74 Å². The highest BCUT2D eigenvalue weighted by Gasteiger charge is 2.24. The average molecular weight is 351 g/mol. The van der Waals surface area contributed by atoms with Crippen molar-refractivity contribution in [1.82, 2.24) is 9.80 Å². The van der Waals surface area contributed by atoms with Gasteiger partial charge >= 0.3 is 0 Å². The molecule has 0 N–H and O–H groups in total. The van der Waals surface area contributed by atoms with Crippen LogP contribution in [0.25, 0.3) is 6.08 Å². The van der Waals surface area contributed by atoms with Gasteiger partial charge in [0.1, 0.15) is 5.75 Å². The zero-order valence-electron chi connectivity index (χ0n) is 14.8. The van der Waals surface area contributed by atoms with E-state index >= 15 is 0 Å². The zero-order chi connectivity index (χ0) is 15.9. The third-order valence-electron chi connectivity index (χ3n) is 5.26.